The fourth-order valence-corrected chi connectivity index (χ4v) is 1.01. The number of hydrogen-bond donors (Lipinski definition) is 0. The van der Waals surface area contributed by atoms with Crippen LogP contribution in [0.15, 0.2) is 75.1 Å². The van der Waals surface area contributed by atoms with Gasteiger partial charge in [0.05, 0.1) is 6.26 Å². The third kappa shape index (κ3) is 15.0. The van der Waals surface area contributed by atoms with Gasteiger partial charge in [0.15, 0.2) is 0 Å². The Labute approximate surface area is 136 Å². The highest BCUT2D eigenvalue weighted by Crippen LogP contribution is 1.97. The molecule has 1 heterocycles. The minimum atomic E-state index is -0.579. The molecule has 0 atom stereocenters. The van der Waals surface area contributed by atoms with Crippen LogP contribution in [0.1, 0.15) is 12.5 Å². The summed E-state index contributed by atoms with van der Waals surface area (Å²) in [4.78, 5) is 29.6. The maximum atomic E-state index is 9.92. The Bertz CT molecular complexity index is 528. The Kier molecular flexibility index (Phi) is 14.6. The first kappa shape index (κ1) is 22.1. The summed E-state index contributed by atoms with van der Waals surface area (Å²) in [6.45, 7) is 14.1. The van der Waals surface area contributed by atoms with Crippen LogP contribution < -0.4 is 0 Å². The van der Waals surface area contributed by atoms with E-state index in [9.17, 15) is 14.4 Å². The maximum absolute atomic E-state index is 9.92. The zero-order valence-corrected chi connectivity index (χ0v) is 13.1. The lowest BCUT2D eigenvalue weighted by Crippen LogP contribution is -1.96. The van der Waals surface area contributed by atoms with Crippen LogP contribution in [0.3, 0.4) is 0 Å². The van der Waals surface area contributed by atoms with Gasteiger partial charge in [-0.3, -0.25) is 4.79 Å². The van der Waals surface area contributed by atoms with Crippen LogP contribution in [0.4, 0.5) is 0 Å². The molecule has 0 saturated heterocycles. The quantitative estimate of drug-likeness (QED) is 0.362. The first-order valence-corrected chi connectivity index (χ1v) is 6.39. The van der Waals surface area contributed by atoms with Gasteiger partial charge in [-0.05, 0) is 5.56 Å². The third-order valence-corrected chi connectivity index (χ3v) is 1.84. The Hall–Kier alpha value is -3.21. The summed E-state index contributed by atoms with van der Waals surface area (Å²) >= 11 is 0. The summed E-state index contributed by atoms with van der Waals surface area (Å²) < 4.78 is 8.14. The van der Waals surface area contributed by atoms with Crippen molar-refractivity contribution in [1.29, 1.82) is 0 Å². The van der Waals surface area contributed by atoms with Crippen LogP contribution in [0.2, 0.25) is 0 Å². The average Bonchev–Trinajstić information content (AvgIpc) is 2.94. The van der Waals surface area contributed by atoms with Crippen molar-refractivity contribution in [2.75, 3.05) is 0 Å². The number of ether oxygens (including phenoxy) is 2. The Morgan fingerprint density at radius 3 is 1.70 bits per heavy atom. The van der Waals surface area contributed by atoms with E-state index in [-0.39, 0.29) is 5.97 Å². The van der Waals surface area contributed by atoms with Crippen LogP contribution in [0.25, 0.3) is 6.08 Å². The van der Waals surface area contributed by atoms with Crippen molar-refractivity contribution < 1.29 is 23.9 Å². The second-order valence-corrected chi connectivity index (χ2v) is 3.46. The second kappa shape index (κ2) is 15.2. The van der Waals surface area contributed by atoms with E-state index >= 15 is 0 Å². The number of rotatable bonds is 2. The van der Waals surface area contributed by atoms with Crippen LogP contribution in [0, 0.1) is 0 Å². The number of cyclic esters (lactones) is 2. The highest BCUT2D eigenvalue weighted by atomic mass is 16.6. The molecule has 0 amide bonds. The molecule has 1 aliphatic heterocycles. The SMILES string of the molecule is C=C.C=COC(C)=O.C=Cc1ccccc1.O=C1C=CC(=O)O1. The van der Waals surface area contributed by atoms with Crippen LogP contribution in [0.5, 0.6) is 0 Å². The highest BCUT2D eigenvalue weighted by molar-refractivity contribution is 6.04. The first-order chi connectivity index (χ1) is 11.0. The van der Waals surface area contributed by atoms with Crippen molar-refractivity contribution in [3.63, 3.8) is 0 Å². The molecule has 0 bridgehead atoms. The van der Waals surface area contributed by atoms with Crippen LogP contribution in [-0.4, -0.2) is 17.9 Å². The lowest BCUT2D eigenvalue weighted by molar-refractivity contribution is -0.150. The Morgan fingerprint density at radius 2 is 1.52 bits per heavy atom. The fourth-order valence-electron chi connectivity index (χ4n) is 1.01. The molecule has 23 heavy (non-hydrogen) atoms. The lowest BCUT2D eigenvalue weighted by Gasteiger charge is -1.85. The molecule has 1 aliphatic rings. The van der Waals surface area contributed by atoms with Gasteiger partial charge >= 0.3 is 17.9 Å². The molecule has 0 fully saturated rings. The van der Waals surface area contributed by atoms with Gasteiger partial charge in [0.25, 0.3) is 0 Å². The lowest BCUT2D eigenvalue weighted by atomic mass is 10.2. The zero-order chi connectivity index (χ0) is 18.1. The van der Waals surface area contributed by atoms with E-state index in [1.807, 2.05) is 36.4 Å². The van der Waals surface area contributed by atoms with E-state index in [1.165, 1.54) is 12.5 Å². The first-order valence-electron chi connectivity index (χ1n) is 6.39. The highest BCUT2D eigenvalue weighted by Gasteiger charge is 2.10. The number of esters is 3. The molecular formula is C18H20O5. The smallest absolute Gasteiger partial charge is 0.338 e. The van der Waals surface area contributed by atoms with Gasteiger partial charge in [0.2, 0.25) is 0 Å². The van der Waals surface area contributed by atoms with Gasteiger partial charge in [-0.2, -0.15) is 0 Å². The molecule has 5 heteroatoms. The minimum absolute atomic E-state index is 0.329. The molecular weight excluding hydrogens is 296 g/mol. The molecule has 5 nitrogen and oxygen atoms in total. The van der Waals surface area contributed by atoms with Gasteiger partial charge in [0, 0.05) is 19.1 Å². The van der Waals surface area contributed by atoms with Gasteiger partial charge in [0.1, 0.15) is 0 Å². The van der Waals surface area contributed by atoms with E-state index in [0.717, 1.165) is 18.4 Å². The predicted octanol–water partition coefficient (Wildman–Crippen LogP) is 3.45. The predicted molar refractivity (Wildman–Crippen MR) is 90.0 cm³/mol. The number of carbonyl (C=O) groups excluding carboxylic acids is 3. The topological polar surface area (TPSA) is 69.7 Å². The number of hydrogen-bond acceptors (Lipinski definition) is 5. The summed E-state index contributed by atoms with van der Waals surface area (Å²) in [6.07, 6.45) is 5.10. The third-order valence-electron chi connectivity index (χ3n) is 1.84. The summed E-state index contributed by atoms with van der Waals surface area (Å²) in [5.41, 5.74) is 1.17. The van der Waals surface area contributed by atoms with Crippen molar-refractivity contribution in [3.05, 3.63) is 80.6 Å². The molecule has 0 unspecified atom stereocenters. The number of carbonyl (C=O) groups is 3. The Balaban J connectivity index is 0. The fraction of sp³-hybridized carbons (Fsp3) is 0.0556. The molecule has 1 aromatic rings. The van der Waals surface area contributed by atoms with Crippen molar-refractivity contribution >= 4 is 24.0 Å². The average molecular weight is 316 g/mol. The largest absolute Gasteiger partial charge is 0.435 e. The van der Waals surface area contributed by atoms with Crippen molar-refractivity contribution in [3.8, 4) is 0 Å². The van der Waals surface area contributed by atoms with E-state index < -0.39 is 11.9 Å². The van der Waals surface area contributed by atoms with E-state index in [2.05, 4.69) is 35.8 Å². The summed E-state index contributed by atoms with van der Waals surface area (Å²) in [6, 6.07) is 10.0. The van der Waals surface area contributed by atoms with Crippen molar-refractivity contribution in [2.24, 2.45) is 0 Å². The molecule has 0 saturated carbocycles. The van der Waals surface area contributed by atoms with Crippen molar-refractivity contribution in [1.82, 2.24) is 0 Å². The summed E-state index contributed by atoms with van der Waals surface area (Å²) in [5.74, 6) is -1.49. The van der Waals surface area contributed by atoms with E-state index in [1.54, 1.807) is 0 Å². The normalized spacial score (nSPS) is 10.3. The van der Waals surface area contributed by atoms with E-state index in [0.29, 0.717) is 0 Å². The molecule has 0 radical (unpaired) electrons. The number of benzene rings is 1. The summed E-state index contributed by atoms with van der Waals surface area (Å²) in [7, 11) is 0. The zero-order valence-electron chi connectivity index (χ0n) is 13.1. The van der Waals surface area contributed by atoms with E-state index in [4.69, 9.17) is 0 Å². The minimum Gasteiger partial charge on any atom is -0.435 e. The van der Waals surface area contributed by atoms with Gasteiger partial charge < -0.3 is 9.47 Å². The molecule has 0 aliphatic carbocycles. The summed E-state index contributed by atoms with van der Waals surface area (Å²) in [5, 5.41) is 0. The molecule has 0 aromatic heterocycles. The van der Waals surface area contributed by atoms with Crippen LogP contribution >= 0.6 is 0 Å². The maximum Gasteiger partial charge on any atom is 0.338 e. The van der Waals surface area contributed by atoms with Gasteiger partial charge in [-0.1, -0.05) is 49.6 Å². The van der Waals surface area contributed by atoms with Gasteiger partial charge in [-0.15, -0.1) is 13.2 Å². The monoisotopic (exact) mass is 316 g/mol. The standard InChI is InChI=1S/C8H8.C4H2O3.C4H6O2.C2H4/c1-2-8-6-4-3-5-7-8;5-3-1-2-4(6)7-3;1-3-6-4(2)5;1-2/h2-7H,1H2;1-2H;3H,1H2,2H3;1-2H2. The molecule has 0 spiro atoms. The Morgan fingerprint density at radius 1 is 1.04 bits per heavy atom. The molecule has 0 N–H and O–H groups in total. The van der Waals surface area contributed by atoms with Crippen molar-refractivity contribution in [2.45, 2.75) is 6.92 Å². The van der Waals surface area contributed by atoms with Gasteiger partial charge in [-0.25, -0.2) is 9.59 Å². The van der Waals surface area contributed by atoms with Crippen LogP contribution in [-0.2, 0) is 23.9 Å². The second-order valence-electron chi connectivity index (χ2n) is 3.46. The molecule has 1 aromatic carbocycles. The molecule has 122 valence electrons. The molecule has 2 rings (SSSR count).